The van der Waals surface area contributed by atoms with Crippen LogP contribution in [0.2, 0.25) is 0 Å². The van der Waals surface area contributed by atoms with Gasteiger partial charge in [-0.15, -0.1) is 11.3 Å². The predicted molar refractivity (Wildman–Crippen MR) is 101 cm³/mol. The third-order valence-corrected chi connectivity index (χ3v) is 4.97. The van der Waals surface area contributed by atoms with Crippen LogP contribution in [0.1, 0.15) is 27.7 Å². The number of aromatic amines is 1. The average molecular weight is 355 g/mol. The van der Waals surface area contributed by atoms with Crippen molar-refractivity contribution in [2.24, 2.45) is 0 Å². The topological polar surface area (TPSA) is 74.0 Å². The highest BCUT2D eigenvalue weighted by Crippen LogP contribution is 2.19. The van der Waals surface area contributed by atoms with Gasteiger partial charge in [0, 0.05) is 23.6 Å². The summed E-state index contributed by atoms with van der Waals surface area (Å²) in [6.45, 7) is 4.28. The van der Waals surface area contributed by atoms with Crippen LogP contribution >= 0.6 is 11.3 Å². The van der Waals surface area contributed by atoms with Gasteiger partial charge in [-0.25, -0.2) is 0 Å². The number of nitrogens with one attached hydrogen (secondary N) is 3. The predicted octanol–water partition coefficient (Wildman–Crippen LogP) is 3.02. The van der Waals surface area contributed by atoms with Crippen molar-refractivity contribution in [1.29, 1.82) is 0 Å². The normalized spacial score (nSPS) is 12.1. The van der Waals surface area contributed by atoms with E-state index in [-0.39, 0.29) is 11.8 Å². The fraction of sp³-hybridized carbons (Fsp3) is 0.263. The van der Waals surface area contributed by atoms with Gasteiger partial charge in [-0.3, -0.25) is 9.59 Å². The summed E-state index contributed by atoms with van der Waals surface area (Å²) in [5.41, 5.74) is 3.49. The average Bonchev–Trinajstić information content (AvgIpc) is 3.24. The summed E-state index contributed by atoms with van der Waals surface area (Å²) in [7, 11) is 0. The number of hydrogen-bond donors (Lipinski definition) is 3. The molecule has 2 amide bonds. The van der Waals surface area contributed by atoms with Crippen molar-refractivity contribution in [2.75, 3.05) is 6.54 Å². The zero-order chi connectivity index (χ0) is 17.8. The van der Waals surface area contributed by atoms with Gasteiger partial charge in [-0.1, -0.05) is 18.2 Å². The summed E-state index contributed by atoms with van der Waals surface area (Å²) in [5.74, 6) is -0.398. The van der Waals surface area contributed by atoms with Crippen LogP contribution in [-0.2, 0) is 11.2 Å². The molecule has 0 fully saturated rings. The van der Waals surface area contributed by atoms with Crippen molar-refractivity contribution in [1.82, 2.24) is 15.6 Å². The molecule has 5 nitrogen and oxygen atoms in total. The molecule has 0 aliphatic rings. The molecule has 130 valence electrons. The molecule has 0 saturated carbocycles. The van der Waals surface area contributed by atoms with Gasteiger partial charge in [0.1, 0.15) is 6.04 Å². The van der Waals surface area contributed by atoms with E-state index in [1.54, 1.807) is 13.0 Å². The number of hydrogen-bond acceptors (Lipinski definition) is 3. The lowest BCUT2D eigenvalue weighted by molar-refractivity contribution is -0.122. The van der Waals surface area contributed by atoms with Crippen LogP contribution in [0.5, 0.6) is 0 Å². The van der Waals surface area contributed by atoms with Gasteiger partial charge in [-0.05, 0) is 48.9 Å². The van der Waals surface area contributed by atoms with E-state index in [2.05, 4.69) is 40.7 Å². The number of rotatable bonds is 6. The molecular weight excluding hydrogens is 334 g/mol. The van der Waals surface area contributed by atoms with E-state index in [0.717, 1.165) is 11.9 Å². The van der Waals surface area contributed by atoms with Crippen molar-refractivity contribution in [2.45, 2.75) is 26.3 Å². The van der Waals surface area contributed by atoms with E-state index in [1.165, 1.54) is 27.8 Å². The van der Waals surface area contributed by atoms with Crippen LogP contribution in [0.15, 0.2) is 41.9 Å². The van der Waals surface area contributed by atoms with Crippen LogP contribution in [0.4, 0.5) is 0 Å². The lowest BCUT2D eigenvalue weighted by atomic mass is 10.1. The quantitative estimate of drug-likeness (QED) is 0.636. The molecule has 1 unspecified atom stereocenters. The van der Waals surface area contributed by atoms with Gasteiger partial charge >= 0.3 is 0 Å². The van der Waals surface area contributed by atoms with Gasteiger partial charge in [0.15, 0.2) is 0 Å². The number of fused-ring (bicyclic) bond motifs is 1. The van der Waals surface area contributed by atoms with Gasteiger partial charge < -0.3 is 15.6 Å². The second-order valence-corrected chi connectivity index (χ2v) is 7.02. The van der Waals surface area contributed by atoms with Crippen molar-refractivity contribution in [3.63, 3.8) is 0 Å². The van der Waals surface area contributed by atoms with E-state index in [0.29, 0.717) is 11.4 Å². The molecule has 2 aromatic heterocycles. The molecular formula is C19H21N3O2S. The summed E-state index contributed by atoms with van der Waals surface area (Å²) >= 11 is 1.36. The largest absolute Gasteiger partial charge is 0.361 e. The lowest BCUT2D eigenvalue weighted by Crippen LogP contribution is -2.45. The standard InChI is InChI=1S/C19H21N3O2S/c1-12-5-6-15-14(11-21-16(15)10-12)7-8-20-18(23)13(2)22-19(24)17-4-3-9-25-17/h3-6,9-11,13,21H,7-8H2,1-2H3,(H,20,23)(H,22,24). The Balaban J connectivity index is 1.50. The maximum absolute atomic E-state index is 12.2. The number of carbonyl (C=O) groups excluding carboxylic acids is 2. The molecule has 3 rings (SSSR count). The Morgan fingerprint density at radius 1 is 1.28 bits per heavy atom. The van der Waals surface area contributed by atoms with Gasteiger partial charge in [0.05, 0.1) is 4.88 Å². The highest BCUT2D eigenvalue weighted by Gasteiger charge is 2.16. The van der Waals surface area contributed by atoms with Gasteiger partial charge in [-0.2, -0.15) is 0 Å². The highest BCUT2D eigenvalue weighted by atomic mass is 32.1. The Morgan fingerprint density at radius 2 is 2.12 bits per heavy atom. The first-order valence-corrected chi connectivity index (χ1v) is 9.11. The van der Waals surface area contributed by atoms with Crippen LogP contribution in [-0.4, -0.2) is 29.4 Å². The zero-order valence-electron chi connectivity index (χ0n) is 14.3. The Bertz CT molecular complexity index is 883. The second-order valence-electron chi connectivity index (χ2n) is 6.08. The molecule has 3 N–H and O–H groups in total. The maximum Gasteiger partial charge on any atom is 0.261 e. The van der Waals surface area contributed by atoms with E-state index in [1.807, 2.05) is 17.6 Å². The van der Waals surface area contributed by atoms with E-state index < -0.39 is 6.04 Å². The monoisotopic (exact) mass is 355 g/mol. The zero-order valence-corrected chi connectivity index (χ0v) is 15.1. The smallest absolute Gasteiger partial charge is 0.261 e. The summed E-state index contributed by atoms with van der Waals surface area (Å²) in [5, 5.41) is 8.61. The van der Waals surface area contributed by atoms with E-state index in [4.69, 9.17) is 0 Å². The summed E-state index contributed by atoms with van der Waals surface area (Å²) in [4.78, 5) is 28.0. The Morgan fingerprint density at radius 3 is 2.88 bits per heavy atom. The van der Waals surface area contributed by atoms with E-state index in [9.17, 15) is 9.59 Å². The first kappa shape index (κ1) is 17.2. The first-order valence-electron chi connectivity index (χ1n) is 8.23. The number of amides is 2. The van der Waals surface area contributed by atoms with Gasteiger partial charge in [0.2, 0.25) is 5.91 Å². The second kappa shape index (κ2) is 7.53. The third kappa shape index (κ3) is 4.09. The Kier molecular flexibility index (Phi) is 5.19. The number of thiophene rings is 1. The molecule has 25 heavy (non-hydrogen) atoms. The summed E-state index contributed by atoms with van der Waals surface area (Å²) in [6.07, 6.45) is 2.72. The number of aromatic nitrogens is 1. The summed E-state index contributed by atoms with van der Waals surface area (Å²) < 4.78 is 0. The molecule has 0 aliphatic carbocycles. The van der Waals surface area contributed by atoms with Crippen LogP contribution in [0.3, 0.4) is 0 Å². The number of aryl methyl sites for hydroxylation is 1. The van der Waals surface area contributed by atoms with E-state index >= 15 is 0 Å². The molecule has 0 bridgehead atoms. The minimum absolute atomic E-state index is 0.180. The minimum atomic E-state index is -0.569. The van der Waals surface area contributed by atoms with Crippen molar-refractivity contribution >= 4 is 34.1 Å². The fourth-order valence-corrected chi connectivity index (χ4v) is 3.35. The van der Waals surface area contributed by atoms with Crippen LogP contribution in [0.25, 0.3) is 10.9 Å². The molecule has 1 aromatic carbocycles. The SMILES string of the molecule is Cc1ccc2c(CCNC(=O)C(C)NC(=O)c3cccs3)c[nH]c2c1. The molecule has 1 atom stereocenters. The van der Waals surface area contributed by atoms with Crippen LogP contribution < -0.4 is 10.6 Å². The molecule has 0 radical (unpaired) electrons. The maximum atomic E-state index is 12.2. The molecule has 6 heteroatoms. The number of H-pyrrole nitrogens is 1. The molecule has 0 saturated heterocycles. The molecule has 0 spiro atoms. The van der Waals surface area contributed by atoms with Crippen molar-refractivity contribution in [3.05, 3.63) is 57.9 Å². The first-order chi connectivity index (χ1) is 12.0. The fourth-order valence-electron chi connectivity index (χ4n) is 2.72. The Labute approximate surface area is 150 Å². The summed E-state index contributed by atoms with van der Waals surface area (Å²) in [6, 6.07) is 9.28. The number of benzene rings is 1. The molecule has 3 aromatic rings. The number of carbonyl (C=O) groups is 2. The van der Waals surface area contributed by atoms with Crippen LogP contribution in [0, 0.1) is 6.92 Å². The third-order valence-electron chi connectivity index (χ3n) is 4.10. The van der Waals surface area contributed by atoms with Crippen molar-refractivity contribution < 1.29 is 9.59 Å². The Hall–Kier alpha value is -2.60. The minimum Gasteiger partial charge on any atom is -0.361 e. The molecule has 0 aliphatic heterocycles. The van der Waals surface area contributed by atoms with Crippen molar-refractivity contribution in [3.8, 4) is 0 Å². The lowest BCUT2D eigenvalue weighted by Gasteiger charge is -2.13. The van der Waals surface area contributed by atoms with Gasteiger partial charge in [0.25, 0.3) is 5.91 Å². The highest BCUT2D eigenvalue weighted by molar-refractivity contribution is 7.12. The molecule has 2 heterocycles.